The number of nitrogens with zero attached hydrogens (tertiary/aromatic N) is 6. The Morgan fingerprint density at radius 1 is 1.00 bits per heavy atom. The van der Waals surface area contributed by atoms with Crippen LogP contribution in [-0.2, 0) is 23.0 Å². The van der Waals surface area contributed by atoms with Gasteiger partial charge in [-0.05, 0) is 13.0 Å². The molecule has 1 N–H and O–H groups in total. The minimum atomic E-state index is -2.90. The Kier molecular flexibility index (Phi) is 7.88. The van der Waals surface area contributed by atoms with Crippen molar-refractivity contribution in [2.75, 3.05) is 5.32 Å². The van der Waals surface area contributed by atoms with Crippen LogP contribution in [0.25, 0.3) is 11.3 Å². The summed E-state index contributed by atoms with van der Waals surface area (Å²) in [4.78, 5) is 39.0. The number of pyridine rings is 2. The highest BCUT2D eigenvalue weighted by Crippen LogP contribution is 2.27. The summed E-state index contributed by atoms with van der Waals surface area (Å²) in [5.74, 6) is -5.03. The second-order valence-corrected chi connectivity index (χ2v) is 8.11. The van der Waals surface area contributed by atoms with Crippen molar-refractivity contribution in [2.24, 2.45) is 7.05 Å². The highest BCUT2D eigenvalue weighted by atomic mass is 19.3. The summed E-state index contributed by atoms with van der Waals surface area (Å²) in [7, 11) is 1.50. The fourth-order valence-electron chi connectivity index (χ4n) is 3.51. The molecule has 0 spiro atoms. The van der Waals surface area contributed by atoms with E-state index in [9.17, 15) is 27.2 Å². The Morgan fingerprint density at radius 3 is 2.38 bits per heavy atom. The van der Waals surface area contributed by atoms with E-state index in [0.29, 0.717) is 6.20 Å². The molecule has 0 bridgehead atoms. The first-order chi connectivity index (χ1) is 18.5. The van der Waals surface area contributed by atoms with E-state index in [-0.39, 0.29) is 33.8 Å². The summed E-state index contributed by atoms with van der Waals surface area (Å²) in [6.45, 7) is 1.34. The van der Waals surface area contributed by atoms with E-state index < -0.39 is 54.2 Å². The maximum absolute atomic E-state index is 15.0. The van der Waals surface area contributed by atoms with Crippen LogP contribution in [0.1, 0.15) is 46.9 Å². The van der Waals surface area contributed by atoms with E-state index in [1.54, 1.807) is 0 Å². The van der Waals surface area contributed by atoms with Crippen molar-refractivity contribution < 1.29 is 36.3 Å². The number of hydrogen-bond donors (Lipinski definition) is 1. The van der Waals surface area contributed by atoms with Crippen molar-refractivity contribution in [1.29, 1.82) is 0 Å². The first kappa shape index (κ1) is 27.2. The number of rotatable bonds is 8. The minimum Gasteiger partial charge on any atom is -0.457 e. The molecule has 0 saturated heterocycles. The third kappa shape index (κ3) is 6.19. The van der Waals surface area contributed by atoms with Gasteiger partial charge in [0.05, 0.1) is 47.5 Å². The maximum Gasteiger partial charge on any atom is 0.312 e. The van der Waals surface area contributed by atoms with Crippen LogP contribution in [0.15, 0.2) is 43.1 Å². The summed E-state index contributed by atoms with van der Waals surface area (Å²) < 4.78 is 74.0. The van der Waals surface area contributed by atoms with Crippen LogP contribution >= 0.6 is 0 Å². The Balaban J connectivity index is 1.48. The number of nitrogens with one attached hydrogen (secondary N) is 1. The predicted molar refractivity (Wildman–Crippen MR) is 124 cm³/mol. The highest BCUT2D eigenvalue weighted by molar-refractivity contribution is 6.03. The molecule has 1 atom stereocenters. The number of amides is 1. The standard InChI is InChI=1S/C24H18F5N7O3/c1-11(15-3-13(25)8-31-22(15)29)39-19(37)5-18-16(10-34-36(18)2)20-17(26)4-14(9-30-20)35-24(38)12-6-32-23(21(27)28)33-7-12/h3-4,6-11,21H,5H2,1-2H3,(H,35,38)/t11-/m1/s1. The first-order valence-electron chi connectivity index (χ1n) is 11.1. The van der Waals surface area contributed by atoms with Crippen LogP contribution in [0, 0.1) is 17.6 Å². The highest BCUT2D eigenvalue weighted by Gasteiger charge is 2.23. The zero-order valence-corrected chi connectivity index (χ0v) is 20.2. The number of halogens is 5. The van der Waals surface area contributed by atoms with E-state index in [0.717, 1.165) is 30.7 Å². The SMILES string of the molecule is C[C@@H](OC(=O)Cc1c(-c2ncc(NC(=O)c3cnc(C(F)F)nc3)cc2F)cnn1C)c1cc(F)cnc1F. The van der Waals surface area contributed by atoms with Crippen LogP contribution in [0.5, 0.6) is 0 Å². The lowest BCUT2D eigenvalue weighted by Crippen LogP contribution is -2.16. The van der Waals surface area contributed by atoms with E-state index in [2.05, 4.69) is 30.4 Å². The molecule has 0 saturated carbocycles. The van der Waals surface area contributed by atoms with Gasteiger partial charge < -0.3 is 10.1 Å². The summed E-state index contributed by atoms with van der Waals surface area (Å²) >= 11 is 0. The topological polar surface area (TPSA) is 125 Å². The average Bonchev–Trinajstić information content (AvgIpc) is 3.24. The van der Waals surface area contributed by atoms with Crippen LogP contribution in [0.4, 0.5) is 27.6 Å². The summed E-state index contributed by atoms with van der Waals surface area (Å²) in [6, 6.07) is 1.83. The molecule has 0 unspecified atom stereocenters. The van der Waals surface area contributed by atoms with Crippen molar-refractivity contribution >= 4 is 17.6 Å². The normalized spacial score (nSPS) is 11.9. The number of carbonyl (C=O) groups excluding carboxylic acids is 2. The monoisotopic (exact) mass is 547 g/mol. The number of alkyl halides is 2. The number of ether oxygens (including phenoxy) is 1. The Labute approximate surface area is 216 Å². The quantitative estimate of drug-likeness (QED) is 0.199. The Morgan fingerprint density at radius 2 is 1.72 bits per heavy atom. The van der Waals surface area contributed by atoms with Gasteiger partial charge in [0.25, 0.3) is 12.3 Å². The van der Waals surface area contributed by atoms with Gasteiger partial charge in [0.15, 0.2) is 11.6 Å². The molecule has 4 rings (SSSR count). The van der Waals surface area contributed by atoms with Crippen molar-refractivity contribution in [1.82, 2.24) is 29.7 Å². The molecule has 0 aliphatic heterocycles. The Hall–Kier alpha value is -4.82. The number of aromatic nitrogens is 6. The van der Waals surface area contributed by atoms with Gasteiger partial charge in [-0.25, -0.2) is 32.5 Å². The molecule has 0 aliphatic carbocycles. The van der Waals surface area contributed by atoms with Crippen LogP contribution in [0.2, 0.25) is 0 Å². The van der Waals surface area contributed by atoms with Crippen LogP contribution < -0.4 is 5.32 Å². The molecule has 4 aromatic rings. The number of hydrogen-bond acceptors (Lipinski definition) is 8. The largest absolute Gasteiger partial charge is 0.457 e. The van der Waals surface area contributed by atoms with Gasteiger partial charge in [-0.15, -0.1) is 0 Å². The smallest absolute Gasteiger partial charge is 0.312 e. The number of esters is 1. The molecule has 39 heavy (non-hydrogen) atoms. The molecular weight excluding hydrogens is 529 g/mol. The number of anilines is 1. The van der Waals surface area contributed by atoms with E-state index >= 15 is 4.39 Å². The predicted octanol–water partition coefficient (Wildman–Crippen LogP) is 4.12. The van der Waals surface area contributed by atoms with Crippen molar-refractivity contribution in [3.05, 3.63) is 83.3 Å². The van der Waals surface area contributed by atoms with Gasteiger partial charge in [0, 0.05) is 31.1 Å². The van der Waals surface area contributed by atoms with E-state index in [4.69, 9.17) is 4.74 Å². The fourth-order valence-corrected chi connectivity index (χ4v) is 3.51. The van der Waals surface area contributed by atoms with Crippen molar-refractivity contribution in [3.8, 4) is 11.3 Å². The third-order valence-electron chi connectivity index (χ3n) is 5.44. The molecule has 0 fully saturated rings. The van der Waals surface area contributed by atoms with Gasteiger partial charge in [-0.3, -0.25) is 19.3 Å². The molecule has 4 aromatic heterocycles. The summed E-state index contributed by atoms with van der Waals surface area (Å²) in [5, 5.41) is 6.38. The third-order valence-corrected chi connectivity index (χ3v) is 5.44. The number of carbonyl (C=O) groups is 2. The molecule has 0 radical (unpaired) electrons. The lowest BCUT2D eigenvalue weighted by atomic mass is 10.1. The molecule has 1 amide bonds. The second-order valence-electron chi connectivity index (χ2n) is 8.11. The second kappa shape index (κ2) is 11.3. The van der Waals surface area contributed by atoms with Gasteiger partial charge in [-0.2, -0.15) is 9.49 Å². The zero-order valence-electron chi connectivity index (χ0n) is 20.2. The van der Waals surface area contributed by atoms with Gasteiger partial charge in [0.1, 0.15) is 17.6 Å². The molecular formula is C24H18F5N7O3. The lowest BCUT2D eigenvalue weighted by molar-refractivity contribution is -0.148. The molecule has 202 valence electrons. The van der Waals surface area contributed by atoms with E-state index in [1.807, 2.05) is 0 Å². The summed E-state index contributed by atoms with van der Waals surface area (Å²) in [5.41, 5.74) is -0.280. The molecule has 4 heterocycles. The molecule has 10 nitrogen and oxygen atoms in total. The van der Waals surface area contributed by atoms with Crippen molar-refractivity contribution in [2.45, 2.75) is 25.9 Å². The molecule has 0 aliphatic rings. The lowest BCUT2D eigenvalue weighted by Gasteiger charge is -2.14. The van der Waals surface area contributed by atoms with Crippen LogP contribution in [-0.4, -0.2) is 41.6 Å². The first-order valence-corrected chi connectivity index (χ1v) is 11.1. The van der Waals surface area contributed by atoms with Crippen LogP contribution in [0.3, 0.4) is 0 Å². The molecule has 0 aromatic carbocycles. The fraction of sp³-hybridized carbons (Fsp3) is 0.208. The summed E-state index contributed by atoms with van der Waals surface area (Å²) in [6.07, 6.45) is 0.446. The maximum atomic E-state index is 15.0. The van der Waals surface area contributed by atoms with Gasteiger partial charge >= 0.3 is 5.97 Å². The Bertz CT molecular complexity index is 1530. The van der Waals surface area contributed by atoms with Gasteiger partial charge in [-0.1, -0.05) is 0 Å². The average molecular weight is 547 g/mol. The minimum absolute atomic E-state index is 0.0522. The van der Waals surface area contributed by atoms with E-state index in [1.165, 1.54) is 24.9 Å². The van der Waals surface area contributed by atoms with Gasteiger partial charge in [0.2, 0.25) is 5.95 Å². The zero-order chi connectivity index (χ0) is 28.3. The molecule has 15 heteroatoms. The number of aryl methyl sites for hydroxylation is 1. The van der Waals surface area contributed by atoms with Crippen molar-refractivity contribution in [3.63, 3.8) is 0 Å².